The molecule has 0 saturated carbocycles. The number of amides is 3. The van der Waals surface area contributed by atoms with E-state index in [4.69, 9.17) is 0 Å². The highest BCUT2D eigenvalue weighted by atomic mass is 16.2. The summed E-state index contributed by atoms with van der Waals surface area (Å²) in [5.74, 6) is -0.0841. The van der Waals surface area contributed by atoms with Crippen LogP contribution in [0.15, 0.2) is 48.5 Å². The van der Waals surface area contributed by atoms with Crippen LogP contribution in [-0.2, 0) is 10.2 Å². The molecule has 0 spiro atoms. The molecule has 2 N–H and O–H groups in total. The Bertz CT molecular complexity index is 880. The van der Waals surface area contributed by atoms with Gasteiger partial charge in [-0.25, -0.2) is 4.79 Å². The first-order valence-corrected chi connectivity index (χ1v) is 10.0. The fourth-order valence-electron chi connectivity index (χ4n) is 3.59. The highest BCUT2D eigenvalue weighted by Crippen LogP contribution is 2.29. The SMILES string of the molecule is CC(=O)Nc1cccc(N2CCN(C(=O)Nc3ccccc3C(C)(C)C)CC2)c1. The fraction of sp³-hybridized carbons (Fsp3) is 0.391. The summed E-state index contributed by atoms with van der Waals surface area (Å²) in [4.78, 5) is 28.2. The molecule has 0 aliphatic carbocycles. The van der Waals surface area contributed by atoms with E-state index in [2.05, 4.69) is 42.4 Å². The van der Waals surface area contributed by atoms with E-state index in [1.165, 1.54) is 6.92 Å². The third-order valence-corrected chi connectivity index (χ3v) is 5.08. The van der Waals surface area contributed by atoms with Gasteiger partial charge in [0.25, 0.3) is 0 Å². The van der Waals surface area contributed by atoms with Crippen molar-refractivity contribution >= 4 is 29.0 Å². The number of benzene rings is 2. The number of hydrogen-bond acceptors (Lipinski definition) is 3. The summed E-state index contributed by atoms with van der Waals surface area (Å²) in [6.07, 6.45) is 0. The normalized spacial score (nSPS) is 14.5. The Morgan fingerprint density at radius 2 is 1.59 bits per heavy atom. The maximum Gasteiger partial charge on any atom is 0.321 e. The lowest BCUT2D eigenvalue weighted by Gasteiger charge is -2.36. The molecule has 3 amide bonds. The molecule has 29 heavy (non-hydrogen) atoms. The van der Waals surface area contributed by atoms with Gasteiger partial charge in [0.2, 0.25) is 5.91 Å². The number of carbonyl (C=O) groups excluding carboxylic acids is 2. The van der Waals surface area contributed by atoms with Crippen molar-refractivity contribution in [1.29, 1.82) is 0 Å². The van der Waals surface area contributed by atoms with Crippen LogP contribution in [0.2, 0.25) is 0 Å². The number of hydrogen-bond donors (Lipinski definition) is 2. The van der Waals surface area contributed by atoms with Crippen LogP contribution in [-0.4, -0.2) is 43.0 Å². The predicted octanol–water partition coefficient (Wildman–Crippen LogP) is 4.30. The minimum absolute atomic E-state index is 0.0402. The summed E-state index contributed by atoms with van der Waals surface area (Å²) in [6.45, 7) is 10.7. The van der Waals surface area contributed by atoms with Gasteiger partial charge in [-0.1, -0.05) is 45.0 Å². The Balaban J connectivity index is 1.61. The van der Waals surface area contributed by atoms with Crippen LogP contribution >= 0.6 is 0 Å². The number of rotatable bonds is 3. The van der Waals surface area contributed by atoms with Crippen LogP contribution in [0.25, 0.3) is 0 Å². The van der Waals surface area contributed by atoms with Gasteiger partial charge < -0.3 is 20.4 Å². The second-order valence-electron chi connectivity index (χ2n) is 8.43. The lowest BCUT2D eigenvalue weighted by Crippen LogP contribution is -2.50. The number of anilines is 3. The van der Waals surface area contributed by atoms with Gasteiger partial charge in [0, 0.05) is 50.2 Å². The highest BCUT2D eigenvalue weighted by molar-refractivity contribution is 5.91. The van der Waals surface area contributed by atoms with Crippen LogP contribution in [0.5, 0.6) is 0 Å². The van der Waals surface area contributed by atoms with Crippen molar-refractivity contribution in [2.45, 2.75) is 33.1 Å². The van der Waals surface area contributed by atoms with Crippen LogP contribution in [0.1, 0.15) is 33.3 Å². The van der Waals surface area contributed by atoms with Gasteiger partial charge in [-0.2, -0.15) is 0 Å². The second-order valence-corrected chi connectivity index (χ2v) is 8.43. The maximum atomic E-state index is 12.8. The van der Waals surface area contributed by atoms with E-state index in [9.17, 15) is 9.59 Å². The average molecular weight is 395 g/mol. The Hall–Kier alpha value is -3.02. The van der Waals surface area contributed by atoms with Crippen molar-refractivity contribution in [2.75, 3.05) is 41.7 Å². The molecule has 0 radical (unpaired) electrons. The number of urea groups is 1. The minimum Gasteiger partial charge on any atom is -0.368 e. The van der Waals surface area contributed by atoms with Gasteiger partial charge in [-0.15, -0.1) is 0 Å². The zero-order chi connectivity index (χ0) is 21.0. The molecule has 0 unspecified atom stereocenters. The quantitative estimate of drug-likeness (QED) is 0.816. The van der Waals surface area contributed by atoms with E-state index in [0.717, 1.165) is 35.7 Å². The number of nitrogens with one attached hydrogen (secondary N) is 2. The average Bonchev–Trinajstić information content (AvgIpc) is 2.67. The highest BCUT2D eigenvalue weighted by Gasteiger charge is 2.24. The molecule has 2 aromatic carbocycles. The summed E-state index contributed by atoms with van der Waals surface area (Å²) >= 11 is 0. The van der Waals surface area contributed by atoms with Crippen molar-refractivity contribution in [1.82, 2.24) is 4.90 Å². The molecule has 0 atom stereocenters. The van der Waals surface area contributed by atoms with Gasteiger partial charge in [0.1, 0.15) is 0 Å². The maximum absolute atomic E-state index is 12.8. The van der Waals surface area contributed by atoms with Crippen LogP contribution < -0.4 is 15.5 Å². The van der Waals surface area contributed by atoms with Gasteiger partial charge >= 0.3 is 6.03 Å². The Kier molecular flexibility index (Phi) is 6.11. The predicted molar refractivity (Wildman–Crippen MR) is 119 cm³/mol. The first-order chi connectivity index (χ1) is 13.7. The number of nitrogens with zero attached hydrogens (tertiary/aromatic N) is 2. The molecule has 0 aromatic heterocycles. The van der Waals surface area contributed by atoms with Crippen molar-refractivity contribution < 1.29 is 9.59 Å². The van der Waals surface area contributed by atoms with Crippen LogP contribution in [0.3, 0.4) is 0 Å². The third kappa shape index (κ3) is 5.28. The van der Waals surface area contributed by atoms with Crippen molar-refractivity contribution in [3.05, 3.63) is 54.1 Å². The molecule has 1 fully saturated rings. The van der Waals surface area contributed by atoms with Crippen molar-refractivity contribution in [3.8, 4) is 0 Å². The van der Waals surface area contributed by atoms with Gasteiger partial charge in [0.05, 0.1) is 0 Å². The molecule has 154 valence electrons. The summed E-state index contributed by atoms with van der Waals surface area (Å²) in [7, 11) is 0. The number of carbonyl (C=O) groups is 2. The molecule has 1 aliphatic heterocycles. The number of para-hydroxylation sites is 1. The van der Waals surface area contributed by atoms with Crippen molar-refractivity contribution in [3.63, 3.8) is 0 Å². The molecule has 0 bridgehead atoms. The monoisotopic (exact) mass is 394 g/mol. The second kappa shape index (κ2) is 8.55. The lowest BCUT2D eigenvalue weighted by atomic mass is 9.86. The van der Waals surface area contributed by atoms with E-state index >= 15 is 0 Å². The van der Waals surface area contributed by atoms with Crippen molar-refractivity contribution in [2.24, 2.45) is 0 Å². The molecule has 1 aliphatic rings. The van der Waals surface area contributed by atoms with E-state index < -0.39 is 0 Å². The topological polar surface area (TPSA) is 64.7 Å². The van der Waals surface area contributed by atoms with Crippen LogP contribution in [0, 0.1) is 0 Å². The van der Waals surface area contributed by atoms with E-state index in [1.54, 1.807) is 0 Å². The molecular weight excluding hydrogens is 364 g/mol. The zero-order valence-corrected chi connectivity index (χ0v) is 17.7. The first kappa shape index (κ1) is 20.7. The molecular formula is C23H30N4O2. The zero-order valence-electron chi connectivity index (χ0n) is 17.7. The van der Waals surface area contributed by atoms with Gasteiger partial charge in [-0.05, 0) is 35.2 Å². The van der Waals surface area contributed by atoms with Crippen LogP contribution in [0.4, 0.5) is 21.9 Å². The standard InChI is InChI=1S/C23H30N4O2/c1-17(28)24-18-8-7-9-19(16-18)26-12-14-27(15-13-26)22(29)25-21-11-6-5-10-20(21)23(2,3)4/h5-11,16H,12-15H2,1-4H3,(H,24,28)(H,25,29). The van der Waals surface area contributed by atoms with Gasteiger partial charge in [0.15, 0.2) is 0 Å². The minimum atomic E-state index is -0.0841. The fourth-order valence-corrected chi connectivity index (χ4v) is 3.59. The van der Waals surface area contributed by atoms with E-state index in [0.29, 0.717) is 13.1 Å². The Morgan fingerprint density at radius 1 is 0.897 bits per heavy atom. The summed E-state index contributed by atoms with van der Waals surface area (Å²) < 4.78 is 0. The molecule has 1 heterocycles. The molecule has 6 nitrogen and oxygen atoms in total. The van der Waals surface area contributed by atoms with E-state index in [-0.39, 0.29) is 17.4 Å². The van der Waals surface area contributed by atoms with E-state index in [1.807, 2.05) is 47.4 Å². The third-order valence-electron chi connectivity index (χ3n) is 5.08. The first-order valence-electron chi connectivity index (χ1n) is 10.0. The largest absolute Gasteiger partial charge is 0.368 e. The molecule has 3 rings (SSSR count). The number of piperazine rings is 1. The molecule has 2 aromatic rings. The Labute approximate surface area is 172 Å². The van der Waals surface area contributed by atoms with Gasteiger partial charge in [-0.3, -0.25) is 4.79 Å². The summed E-state index contributed by atoms with van der Waals surface area (Å²) in [5, 5.41) is 5.91. The molecule has 6 heteroatoms. The smallest absolute Gasteiger partial charge is 0.321 e. The lowest BCUT2D eigenvalue weighted by molar-refractivity contribution is -0.114. The summed E-state index contributed by atoms with van der Waals surface area (Å²) in [6, 6.07) is 15.7. The summed E-state index contributed by atoms with van der Waals surface area (Å²) in [5.41, 5.74) is 3.79. The molecule has 1 saturated heterocycles. The Morgan fingerprint density at radius 3 is 2.24 bits per heavy atom.